The third-order valence-electron chi connectivity index (χ3n) is 14.9. The minimum absolute atomic E-state index is 0.0799. The van der Waals surface area contributed by atoms with E-state index in [1.54, 1.807) is 0 Å². The van der Waals surface area contributed by atoms with Crippen molar-refractivity contribution < 1.29 is 28.6 Å². The predicted molar refractivity (Wildman–Crippen MR) is 344 cm³/mol. The Morgan fingerprint density at radius 1 is 0.266 bits per heavy atom. The van der Waals surface area contributed by atoms with Crippen LogP contribution in [0, 0.1) is 0 Å². The SMILES string of the molecule is CC/C=C\C/C=C\C/C=C\C/C=C\C/C=C\C/C=C\CCCCCCCCCCC(=O)OCC(COC(=O)CCCCCCC/C=C\CCCCCCC)OC(=O)CCCCCCCCCCCCCCCCCCCCCC. The number of carbonyl (C=O) groups excluding carboxylic acids is 3. The van der Waals surface area contributed by atoms with E-state index >= 15 is 0 Å². The van der Waals surface area contributed by atoms with Crippen molar-refractivity contribution in [3.8, 4) is 0 Å². The second-order valence-corrected chi connectivity index (χ2v) is 22.7. The maximum absolute atomic E-state index is 12.9. The van der Waals surface area contributed by atoms with Crippen LogP contribution in [0.3, 0.4) is 0 Å². The highest BCUT2D eigenvalue weighted by molar-refractivity contribution is 5.71. The second-order valence-electron chi connectivity index (χ2n) is 22.7. The van der Waals surface area contributed by atoms with E-state index in [1.807, 2.05) is 0 Å². The first-order valence-corrected chi connectivity index (χ1v) is 34.1. The van der Waals surface area contributed by atoms with Crippen LogP contribution in [0.2, 0.25) is 0 Å². The summed E-state index contributed by atoms with van der Waals surface area (Å²) in [5.41, 5.74) is 0. The Morgan fingerprint density at radius 2 is 0.494 bits per heavy atom. The standard InChI is InChI=1S/C73H128O6/c1-4-7-10-13-16-19-22-25-28-30-32-34-35-36-37-38-39-40-42-43-45-48-51-54-57-60-63-66-72(75)78-69-70(68-77-71(74)65-62-59-56-53-50-47-27-24-21-18-15-12-9-6-3)79-73(76)67-64-61-58-55-52-49-46-44-41-33-31-29-26-23-20-17-14-11-8-5-2/h7,10,16,19,24-25,27-28,32,34,36-37,39-40,70H,4-6,8-9,11-15,17-18,20-23,26,29-31,33,35,38,41-69H2,1-3H3/b10-7-,19-16-,27-24-,28-25-,34-32-,37-36-,40-39-. The Labute approximate surface area is 490 Å². The monoisotopic (exact) mass is 1100 g/mol. The summed E-state index contributed by atoms with van der Waals surface area (Å²) in [5.74, 6) is -0.878. The van der Waals surface area contributed by atoms with Gasteiger partial charge in [-0.2, -0.15) is 0 Å². The maximum atomic E-state index is 12.9. The van der Waals surface area contributed by atoms with Crippen LogP contribution in [0.25, 0.3) is 0 Å². The Balaban J connectivity index is 4.32. The number of rotatable bonds is 62. The van der Waals surface area contributed by atoms with Crippen molar-refractivity contribution >= 4 is 17.9 Å². The van der Waals surface area contributed by atoms with Crippen molar-refractivity contribution in [2.75, 3.05) is 13.2 Å². The minimum atomic E-state index is -0.783. The average molecular weight is 1100 g/mol. The number of unbranched alkanes of at least 4 members (excludes halogenated alkanes) is 37. The van der Waals surface area contributed by atoms with Crippen LogP contribution in [-0.4, -0.2) is 37.2 Å². The molecule has 0 bridgehead atoms. The number of hydrogen-bond acceptors (Lipinski definition) is 6. The molecule has 0 aliphatic carbocycles. The van der Waals surface area contributed by atoms with Crippen LogP contribution in [-0.2, 0) is 28.6 Å². The molecule has 0 radical (unpaired) electrons. The highest BCUT2D eigenvalue weighted by atomic mass is 16.6. The number of ether oxygens (including phenoxy) is 3. The molecular formula is C73H128O6. The van der Waals surface area contributed by atoms with Gasteiger partial charge in [0.1, 0.15) is 13.2 Å². The van der Waals surface area contributed by atoms with Gasteiger partial charge in [0.05, 0.1) is 0 Å². The molecule has 1 atom stereocenters. The summed E-state index contributed by atoms with van der Waals surface area (Å²) in [6.45, 7) is 6.55. The van der Waals surface area contributed by atoms with Crippen molar-refractivity contribution in [1.29, 1.82) is 0 Å². The lowest BCUT2D eigenvalue weighted by atomic mass is 10.0. The molecule has 0 fully saturated rings. The summed E-state index contributed by atoms with van der Waals surface area (Å²) < 4.78 is 17.0. The van der Waals surface area contributed by atoms with Gasteiger partial charge in [-0.3, -0.25) is 14.4 Å². The zero-order valence-corrected chi connectivity index (χ0v) is 52.4. The van der Waals surface area contributed by atoms with Crippen LogP contribution < -0.4 is 0 Å². The smallest absolute Gasteiger partial charge is 0.306 e. The van der Waals surface area contributed by atoms with Crippen molar-refractivity contribution in [2.45, 2.75) is 348 Å². The third-order valence-corrected chi connectivity index (χ3v) is 14.9. The first-order valence-electron chi connectivity index (χ1n) is 34.1. The van der Waals surface area contributed by atoms with Gasteiger partial charge in [0.15, 0.2) is 6.10 Å². The van der Waals surface area contributed by atoms with Gasteiger partial charge >= 0.3 is 17.9 Å². The third kappa shape index (κ3) is 65.3. The molecule has 0 amide bonds. The molecule has 6 heteroatoms. The summed E-state index contributed by atoms with van der Waals surface area (Å²) in [7, 11) is 0. The molecule has 0 heterocycles. The molecule has 6 nitrogen and oxygen atoms in total. The normalized spacial score (nSPS) is 12.6. The molecule has 0 N–H and O–H groups in total. The second kappa shape index (κ2) is 67.1. The van der Waals surface area contributed by atoms with Gasteiger partial charge in [0.2, 0.25) is 0 Å². The Hall–Kier alpha value is -3.41. The van der Waals surface area contributed by atoms with Crippen molar-refractivity contribution in [1.82, 2.24) is 0 Å². The Morgan fingerprint density at radius 3 is 0.785 bits per heavy atom. The molecule has 0 aromatic rings. The van der Waals surface area contributed by atoms with Gasteiger partial charge in [-0.05, 0) is 96.3 Å². The van der Waals surface area contributed by atoms with Gasteiger partial charge in [-0.15, -0.1) is 0 Å². The zero-order valence-electron chi connectivity index (χ0n) is 52.4. The van der Waals surface area contributed by atoms with Gasteiger partial charge < -0.3 is 14.2 Å². The fourth-order valence-corrected chi connectivity index (χ4v) is 9.80. The lowest BCUT2D eigenvalue weighted by Crippen LogP contribution is -2.30. The van der Waals surface area contributed by atoms with E-state index in [9.17, 15) is 14.4 Å². The van der Waals surface area contributed by atoms with Gasteiger partial charge in [0.25, 0.3) is 0 Å². The zero-order chi connectivity index (χ0) is 57.1. The number of carbonyl (C=O) groups is 3. The minimum Gasteiger partial charge on any atom is -0.462 e. The molecule has 0 saturated carbocycles. The molecule has 0 aromatic heterocycles. The summed E-state index contributed by atoms with van der Waals surface area (Å²) in [5, 5.41) is 0. The molecule has 0 aromatic carbocycles. The van der Waals surface area contributed by atoms with Gasteiger partial charge in [-0.25, -0.2) is 0 Å². The first-order chi connectivity index (χ1) is 39.0. The van der Waals surface area contributed by atoms with E-state index in [0.29, 0.717) is 19.3 Å². The maximum Gasteiger partial charge on any atom is 0.306 e. The van der Waals surface area contributed by atoms with Gasteiger partial charge in [0, 0.05) is 19.3 Å². The van der Waals surface area contributed by atoms with E-state index in [0.717, 1.165) is 109 Å². The number of allylic oxidation sites excluding steroid dienone is 14. The fourth-order valence-electron chi connectivity index (χ4n) is 9.80. The number of esters is 3. The molecule has 0 rings (SSSR count). The Bertz CT molecular complexity index is 1500. The van der Waals surface area contributed by atoms with Gasteiger partial charge in [-0.1, -0.05) is 311 Å². The molecular weight excluding hydrogens is 973 g/mol. The summed E-state index contributed by atoms with van der Waals surface area (Å²) in [6, 6.07) is 0. The highest BCUT2D eigenvalue weighted by Crippen LogP contribution is 2.17. The van der Waals surface area contributed by atoms with Crippen LogP contribution in [0.5, 0.6) is 0 Å². The molecule has 0 aliphatic heterocycles. The molecule has 0 saturated heterocycles. The summed E-state index contributed by atoms with van der Waals surface area (Å²) in [6.07, 6.45) is 88.8. The van der Waals surface area contributed by atoms with Crippen LogP contribution >= 0.6 is 0 Å². The highest BCUT2D eigenvalue weighted by Gasteiger charge is 2.19. The summed E-state index contributed by atoms with van der Waals surface area (Å²) in [4.78, 5) is 38.4. The first kappa shape index (κ1) is 75.6. The van der Waals surface area contributed by atoms with Crippen LogP contribution in [0.4, 0.5) is 0 Å². The largest absolute Gasteiger partial charge is 0.462 e. The molecule has 456 valence electrons. The summed E-state index contributed by atoms with van der Waals surface area (Å²) >= 11 is 0. The average Bonchev–Trinajstić information content (AvgIpc) is 3.45. The quantitative estimate of drug-likeness (QED) is 0.0261. The molecule has 0 spiro atoms. The van der Waals surface area contributed by atoms with Crippen molar-refractivity contribution in [3.63, 3.8) is 0 Å². The van der Waals surface area contributed by atoms with Crippen molar-refractivity contribution in [2.24, 2.45) is 0 Å². The van der Waals surface area contributed by atoms with E-state index in [1.165, 1.54) is 193 Å². The van der Waals surface area contributed by atoms with E-state index in [4.69, 9.17) is 14.2 Å². The number of hydrogen-bond donors (Lipinski definition) is 0. The molecule has 79 heavy (non-hydrogen) atoms. The van der Waals surface area contributed by atoms with Crippen LogP contribution in [0.15, 0.2) is 85.1 Å². The fraction of sp³-hybridized carbons (Fsp3) is 0.767. The molecule has 1 unspecified atom stereocenters. The van der Waals surface area contributed by atoms with Crippen LogP contribution in [0.1, 0.15) is 342 Å². The van der Waals surface area contributed by atoms with Crippen molar-refractivity contribution in [3.05, 3.63) is 85.1 Å². The van der Waals surface area contributed by atoms with E-state index in [-0.39, 0.29) is 31.1 Å². The van der Waals surface area contributed by atoms with E-state index in [2.05, 4.69) is 106 Å². The lowest BCUT2D eigenvalue weighted by Gasteiger charge is -2.18. The predicted octanol–water partition coefficient (Wildman–Crippen LogP) is 23.4. The van der Waals surface area contributed by atoms with E-state index < -0.39 is 6.10 Å². The Kier molecular flexibility index (Phi) is 64.2. The molecule has 0 aliphatic rings. The topological polar surface area (TPSA) is 78.9 Å². The lowest BCUT2D eigenvalue weighted by molar-refractivity contribution is -0.167.